The summed E-state index contributed by atoms with van der Waals surface area (Å²) in [6.07, 6.45) is 1.75. The van der Waals surface area contributed by atoms with Crippen molar-refractivity contribution in [3.05, 3.63) is 47.9 Å². The molecule has 0 unspecified atom stereocenters. The lowest BCUT2D eigenvalue weighted by Crippen LogP contribution is -2.36. The van der Waals surface area contributed by atoms with E-state index in [0.29, 0.717) is 24.3 Å². The first-order chi connectivity index (χ1) is 13.8. The number of hydrogen-bond donors (Lipinski definition) is 2. The van der Waals surface area contributed by atoms with Gasteiger partial charge < -0.3 is 10.4 Å². The summed E-state index contributed by atoms with van der Waals surface area (Å²) in [5, 5.41) is 12.6. The lowest BCUT2D eigenvalue weighted by atomic mass is 10.1. The molecule has 0 aliphatic carbocycles. The number of sulfonamides is 1. The van der Waals surface area contributed by atoms with Gasteiger partial charge in [0.2, 0.25) is 10.0 Å². The van der Waals surface area contributed by atoms with Gasteiger partial charge in [-0.15, -0.1) is 0 Å². The summed E-state index contributed by atoms with van der Waals surface area (Å²) in [5.74, 6) is -0.249. The quantitative estimate of drug-likeness (QED) is 0.685. The van der Waals surface area contributed by atoms with E-state index in [1.807, 2.05) is 13.8 Å². The number of benzene rings is 1. The number of halogens is 1. The Hall–Kier alpha value is -1.87. The van der Waals surface area contributed by atoms with E-state index in [-0.39, 0.29) is 35.7 Å². The summed E-state index contributed by atoms with van der Waals surface area (Å²) < 4.78 is 41.4. The highest BCUT2D eigenvalue weighted by Gasteiger charge is 2.27. The molecular formula is C21H28FN3O3S. The van der Waals surface area contributed by atoms with Gasteiger partial charge in [0.05, 0.1) is 22.9 Å². The Morgan fingerprint density at radius 3 is 2.59 bits per heavy atom. The van der Waals surface area contributed by atoms with E-state index in [1.165, 1.54) is 10.4 Å². The number of aromatic nitrogens is 1. The molecule has 1 aromatic carbocycles. The van der Waals surface area contributed by atoms with Crippen LogP contribution in [0.15, 0.2) is 41.3 Å². The Balaban J connectivity index is 1.86. The molecule has 2 N–H and O–H groups in total. The van der Waals surface area contributed by atoms with E-state index in [1.54, 1.807) is 30.3 Å². The normalized spacial score (nSPS) is 16.4. The third kappa shape index (κ3) is 5.01. The molecule has 1 saturated heterocycles. The van der Waals surface area contributed by atoms with Crippen molar-refractivity contribution >= 4 is 10.0 Å². The molecule has 0 spiro atoms. The minimum Gasteiger partial charge on any atom is -0.395 e. The Bertz CT molecular complexity index is 944. The Morgan fingerprint density at radius 1 is 1.21 bits per heavy atom. The number of nitrogens with zero attached hydrogens (tertiary/aromatic N) is 2. The van der Waals surface area contributed by atoms with E-state index in [9.17, 15) is 17.9 Å². The monoisotopic (exact) mass is 421 g/mol. The predicted octanol–water partition coefficient (Wildman–Crippen LogP) is 2.78. The minimum absolute atomic E-state index is 0.0462. The number of hydrogen-bond acceptors (Lipinski definition) is 5. The highest BCUT2D eigenvalue weighted by molar-refractivity contribution is 7.89. The standard InChI is InChI=1S/C21H28FN3O3S/c1-15(2)21(14-26)23-13-20-18(22)8-9-19(24-20)16-6-5-7-17(12-16)29(27,28)25-10-3-4-11-25/h5-9,12,15,21,23,26H,3-4,10-11,13-14H2,1-2H3/t21-/m0/s1. The van der Waals surface area contributed by atoms with Gasteiger partial charge in [-0.25, -0.2) is 17.8 Å². The molecule has 8 heteroatoms. The first-order valence-corrected chi connectivity index (χ1v) is 11.4. The highest BCUT2D eigenvalue weighted by Crippen LogP contribution is 2.26. The van der Waals surface area contributed by atoms with E-state index < -0.39 is 15.8 Å². The molecule has 1 atom stereocenters. The summed E-state index contributed by atoms with van der Waals surface area (Å²) in [6, 6.07) is 9.35. The first kappa shape index (κ1) is 21.8. The van der Waals surface area contributed by atoms with Crippen molar-refractivity contribution in [1.29, 1.82) is 0 Å². The summed E-state index contributed by atoms with van der Waals surface area (Å²) in [4.78, 5) is 4.63. The minimum atomic E-state index is -3.53. The molecule has 0 amide bonds. The zero-order chi connectivity index (χ0) is 21.0. The number of aliphatic hydroxyl groups excluding tert-OH is 1. The third-order valence-corrected chi connectivity index (χ3v) is 7.18. The molecule has 1 aliphatic heterocycles. The van der Waals surface area contributed by atoms with Crippen LogP contribution in [0.3, 0.4) is 0 Å². The summed E-state index contributed by atoms with van der Waals surface area (Å²) in [5.41, 5.74) is 1.36. The lowest BCUT2D eigenvalue weighted by molar-refractivity contribution is 0.209. The molecule has 1 fully saturated rings. The van der Waals surface area contributed by atoms with Gasteiger partial charge in [-0.1, -0.05) is 26.0 Å². The van der Waals surface area contributed by atoms with Gasteiger partial charge >= 0.3 is 0 Å². The second-order valence-electron chi connectivity index (χ2n) is 7.68. The van der Waals surface area contributed by atoms with Gasteiger partial charge in [0.15, 0.2) is 0 Å². The van der Waals surface area contributed by atoms with Crippen LogP contribution in [-0.2, 0) is 16.6 Å². The van der Waals surface area contributed by atoms with Crippen LogP contribution in [0.2, 0.25) is 0 Å². The third-order valence-electron chi connectivity index (χ3n) is 5.28. The number of pyridine rings is 1. The Labute approximate surface area is 171 Å². The summed E-state index contributed by atoms with van der Waals surface area (Å²) in [6.45, 7) is 5.16. The molecule has 29 heavy (non-hydrogen) atoms. The van der Waals surface area contributed by atoms with E-state index >= 15 is 0 Å². The fourth-order valence-electron chi connectivity index (χ4n) is 3.40. The fraction of sp³-hybridized carbons (Fsp3) is 0.476. The van der Waals surface area contributed by atoms with Gasteiger partial charge in [-0.2, -0.15) is 4.31 Å². The van der Waals surface area contributed by atoms with Gasteiger partial charge in [0, 0.05) is 31.2 Å². The largest absolute Gasteiger partial charge is 0.395 e. The molecule has 3 rings (SSSR count). The van der Waals surface area contributed by atoms with Crippen LogP contribution in [0.1, 0.15) is 32.4 Å². The van der Waals surface area contributed by atoms with Crippen LogP contribution in [0.4, 0.5) is 4.39 Å². The van der Waals surface area contributed by atoms with Crippen molar-refractivity contribution < 1.29 is 17.9 Å². The zero-order valence-electron chi connectivity index (χ0n) is 16.8. The average molecular weight is 422 g/mol. The molecule has 6 nitrogen and oxygen atoms in total. The smallest absolute Gasteiger partial charge is 0.243 e. The molecule has 0 radical (unpaired) electrons. The maximum Gasteiger partial charge on any atom is 0.243 e. The number of aliphatic hydroxyl groups is 1. The van der Waals surface area contributed by atoms with Gasteiger partial charge in [-0.05, 0) is 43.0 Å². The first-order valence-electron chi connectivity index (χ1n) is 9.93. The van der Waals surface area contributed by atoms with E-state index in [0.717, 1.165) is 12.8 Å². The second-order valence-corrected chi connectivity index (χ2v) is 9.62. The summed E-state index contributed by atoms with van der Waals surface area (Å²) >= 11 is 0. The van der Waals surface area contributed by atoms with Crippen molar-refractivity contribution in [3.63, 3.8) is 0 Å². The van der Waals surface area contributed by atoms with Crippen molar-refractivity contribution in [3.8, 4) is 11.3 Å². The Morgan fingerprint density at radius 2 is 1.93 bits per heavy atom. The predicted molar refractivity (Wildman–Crippen MR) is 110 cm³/mol. The van der Waals surface area contributed by atoms with Crippen LogP contribution < -0.4 is 5.32 Å². The second kappa shape index (κ2) is 9.30. The maximum atomic E-state index is 14.2. The van der Waals surface area contributed by atoms with Crippen LogP contribution in [0.25, 0.3) is 11.3 Å². The van der Waals surface area contributed by atoms with Crippen molar-refractivity contribution in [2.75, 3.05) is 19.7 Å². The molecule has 1 aromatic heterocycles. The van der Waals surface area contributed by atoms with Crippen LogP contribution >= 0.6 is 0 Å². The van der Waals surface area contributed by atoms with Crippen molar-refractivity contribution in [2.24, 2.45) is 5.92 Å². The number of rotatable bonds is 8. The topological polar surface area (TPSA) is 82.5 Å². The van der Waals surface area contributed by atoms with Crippen molar-refractivity contribution in [2.45, 2.75) is 44.2 Å². The molecule has 0 bridgehead atoms. The van der Waals surface area contributed by atoms with Crippen molar-refractivity contribution in [1.82, 2.24) is 14.6 Å². The molecular weight excluding hydrogens is 393 g/mol. The van der Waals surface area contributed by atoms with Gasteiger partial charge in [-0.3, -0.25) is 0 Å². The maximum absolute atomic E-state index is 14.2. The summed E-state index contributed by atoms with van der Waals surface area (Å²) in [7, 11) is -3.53. The lowest BCUT2D eigenvalue weighted by Gasteiger charge is -2.20. The molecule has 2 heterocycles. The molecule has 0 saturated carbocycles. The zero-order valence-corrected chi connectivity index (χ0v) is 17.6. The SMILES string of the molecule is CC(C)[C@H](CO)NCc1nc(-c2cccc(S(=O)(=O)N3CCCC3)c2)ccc1F. The number of nitrogens with one attached hydrogen (secondary N) is 1. The molecule has 2 aromatic rings. The fourth-order valence-corrected chi connectivity index (χ4v) is 4.96. The van der Waals surface area contributed by atoms with Crippen LogP contribution in [0.5, 0.6) is 0 Å². The van der Waals surface area contributed by atoms with Crippen LogP contribution in [0, 0.1) is 11.7 Å². The molecule has 1 aliphatic rings. The van der Waals surface area contributed by atoms with Crippen LogP contribution in [-0.4, -0.2) is 48.6 Å². The van der Waals surface area contributed by atoms with E-state index in [4.69, 9.17) is 0 Å². The Kier molecular flexibility index (Phi) is 7.00. The van der Waals surface area contributed by atoms with Gasteiger partial charge in [0.25, 0.3) is 0 Å². The molecule has 158 valence electrons. The van der Waals surface area contributed by atoms with E-state index in [2.05, 4.69) is 10.3 Å². The van der Waals surface area contributed by atoms with Gasteiger partial charge in [0.1, 0.15) is 5.82 Å². The highest BCUT2D eigenvalue weighted by atomic mass is 32.2. The average Bonchev–Trinajstić information content (AvgIpc) is 3.25.